The first kappa shape index (κ1) is 25.6. The van der Waals surface area contributed by atoms with E-state index in [1.165, 1.54) is 6.07 Å². The van der Waals surface area contributed by atoms with Gasteiger partial charge in [0.25, 0.3) is 0 Å². The molecule has 0 radical (unpaired) electrons. The zero-order valence-corrected chi connectivity index (χ0v) is 20.5. The smallest absolute Gasteiger partial charge is 0.335 e. The monoisotopic (exact) mass is 470 g/mol. The van der Waals surface area contributed by atoms with Gasteiger partial charge >= 0.3 is 5.97 Å². The third-order valence-electron chi connectivity index (χ3n) is 5.41. The minimum absolute atomic E-state index is 0.0842. The third-order valence-corrected chi connectivity index (χ3v) is 5.41. The molecule has 5 heteroatoms. The third kappa shape index (κ3) is 7.24. The lowest BCUT2D eigenvalue weighted by Crippen LogP contribution is -2.24. The first-order valence-electron chi connectivity index (χ1n) is 11.4. The van der Waals surface area contributed by atoms with E-state index in [0.29, 0.717) is 16.9 Å². The molecule has 0 aliphatic carbocycles. The van der Waals surface area contributed by atoms with E-state index in [4.69, 9.17) is 4.74 Å². The summed E-state index contributed by atoms with van der Waals surface area (Å²) in [7, 11) is 0. The van der Waals surface area contributed by atoms with Gasteiger partial charge in [-0.2, -0.15) is 0 Å². The van der Waals surface area contributed by atoms with Crippen LogP contribution in [0.5, 0.6) is 5.75 Å². The Kier molecular flexibility index (Phi) is 8.02. The van der Waals surface area contributed by atoms with Crippen molar-refractivity contribution < 1.29 is 24.2 Å². The van der Waals surface area contributed by atoms with Gasteiger partial charge in [-0.3, -0.25) is 9.59 Å². The van der Waals surface area contributed by atoms with E-state index in [0.717, 1.165) is 11.1 Å². The molecule has 0 bridgehead atoms. The number of benzene rings is 3. The van der Waals surface area contributed by atoms with Gasteiger partial charge in [0.1, 0.15) is 12.4 Å². The van der Waals surface area contributed by atoms with Crippen LogP contribution >= 0.6 is 0 Å². The highest BCUT2D eigenvalue weighted by molar-refractivity contribution is 6.44. The number of carboxylic acids is 1. The lowest BCUT2D eigenvalue weighted by Gasteiger charge is -2.17. The Morgan fingerprint density at radius 2 is 1.51 bits per heavy atom. The van der Waals surface area contributed by atoms with E-state index in [9.17, 15) is 19.5 Å². The maximum atomic E-state index is 13.1. The van der Waals surface area contributed by atoms with Crippen LogP contribution < -0.4 is 4.74 Å². The van der Waals surface area contributed by atoms with Gasteiger partial charge in [-0.1, -0.05) is 75.4 Å². The van der Waals surface area contributed by atoms with Gasteiger partial charge in [0.15, 0.2) is 0 Å². The largest absolute Gasteiger partial charge is 0.489 e. The molecule has 5 nitrogen and oxygen atoms in total. The number of ketones is 2. The second-order valence-electron chi connectivity index (χ2n) is 9.72. The van der Waals surface area contributed by atoms with Crippen LogP contribution in [-0.2, 0) is 9.59 Å². The number of hydrogen-bond acceptors (Lipinski definition) is 4. The highest BCUT2D eigenvalue weighted by atomic mass is 16.5. The van der Waals surface area contributed by atoms with Crippen LogP contribution in [-0.4, -0.2) is 29.2 Å². The first-order chi connectivity index (χ1) is 16.5. The minimum atomic E-state index is -1.02. The van der Waals surface area contributed by atoms with Crippen molar-refractivity contribution >= 4 is 23.6 Å². The van der Waals surface area contributed by atoms with Gasteiger partial charge in [0.2, 0.25) is 11.6 Å². The highest BCUT2D eigenvalue weighted by Gasteiger charge is 2.25. The van der Waals surface area contributed by atoms with Crippen LogP contribution in [0.2, 0.25) is 0 Å². The van der Waals surface area contributed by atoms with E-state index in [-0.39, 0.29) is 29.6 Å². The molecule has 3 aromatic carbocycles. The van der Waals surface area contributed by atoms with Crippen molar-refractivity contribution in [1.29, 1.82) is 0 Å². The van der Waals surface area contributed by atoms with Gasteiger partial charge in [0.05, 0.1) is 5.56 Å². The second-order valence-corrected chi connectivity index (χ2v) is 9.72. The van der Waals surface area contributed by atoms with Gasteiger partial charge < -0.3 is 9.84 Å². The number of aromatic carboxylic acids is 1. The van der Waals surface area contributed by atoms with Gasteiger partial charge in [-0.25, -0.2) is 4.79 Å². The molecule has 0 heterocycles. The first-order valence-corrected chi connectivity index (χ1v) is 11.4. The molecule has 0 fully saturated rings. The number of hydrogen-bond donors (Lipinski definition) is 1. The lowest BCUT2D eigenvalue weighted by atomic mass is 9.87. The summed E-state index contributed by atoms with van der Waals surface area (Å²) in [4.78, 5) is 37.1. The topological polar surface area (TPSA) is 80.7 Å². The molecule has 35 heavy (non-hydrogen) atoms. The van der Waals surface area contributed by atoms with Gasteiger partial charge in [-0.05, 0) is 58.9 Å². The van der Waals surface area contributed by atoms with Crippen LogP contribution in [0.3, 0.4) is 0 Å². The molecule has 0 aliphatic heterocycles. The molecule has 3 rings (SSSR count). The van der Waals surface area contributed by atoms with E-state index in [2.05, 4.69) is 0 Å². The van der Waals surface area contributed by atoms with E-state index >= 15 is 0 Å². The summed E-state index contributed by atoms with van der Waals surface area (Å²) in [6.07, 6.45) is 1.71. The number of carbonyl (C=O) groups is 3. The highest BCUT2D eigenvalue weighted by Crippen LogP contribution is 2.24. The molecule has 0 unspecified atom stereocenters. The molecular formula is C30H30O5. The lowest BCUT2D eigenvalue weighted by molar-refractivity contribution is -0.135. The zero-order chi connectivity index (χ0) is 25.6. The predicted octanol–water partition coefficient (Wildman–Crippen LogP) is 6.40. The van der Waals surface area contributed by atoms with Crippen LogP contribution in [0, 0.1) is 12.3 Å². The fourth-order valence-electron chi connectivity index (χ4n) is 3.67. The number of carboxylic acid groups (broad SMARTS) is 1. The fraction of sp³-hybridized carbons (Fsp3) is 0.233. The number of Topliss-reactive ketones (excluding diaryl/α,β-unsaturated/α-hetero) is 2. The minimum Gasteiger partial charge on any atom is -0.489 e. The van der Waals surface area contributed by atoms with Crippen LogP contribution in [0.15, 0.2) is 78.4 Å². The quantitative estimate of drug-likeness (QED) is 0.289. The Labute approximate surface area is 206 Å². The van der Waals surface area contributed by atoms with E-state index in [1.807, 2.05) is 75.4 Å². The number of rotatable bonds is 9. The summed E-state index contributed by atoms with van der Waals surface area (Å²) < 4.78 is 5.89. The fourth-order valence-corrected chi connectivity index (χ4v) is 3.67. The Balaban J connectivity index is 1.84. The van der Waals surface area contributed by atoms with Crippen molar-refractivity contribution in [3.05, 3.63) is 95.1 Å². The SMILES string of the molecule is Cc1cc(/C=C(/COc2ccc(-c3ccccc3)cc2)C(=O)C(=O)CC(C)(C)C)ccc1C(=O)O. The number of aryl methyl sites for hydroxylation is 1. The van der Waals surface area contributed by atoms with Crippen molar-refractivity contribution in [1.82, 2.24) is 0 Å². The summed E-state index contributed by atoms with van der Waals surface area (Å²) in [5.41, 5.74) is 3.40. The molecule has 0 atom stereocenters. The molecule has 0 aliphatic rings. The van der Waals surface area contributed by atoms with Crippen LogP contribution in [0.25, 0.3) is 17.2 Å². The van der Waals surface area contributed by atoms with Crippen molar-refractivity contribution in [2.24, 2.45) is 5.41 Å². The summed E-state index contributed by atoms with van der Waals surface area (Å²) in [5, 5.41) is 9.28. The van der Waals surface area contributed by atoms with Gasteiger partial charge in [0, 0.05) is 12.0 Å². The molecule has 1 N–H and O–H groups in total. The second kappa shape index (κ2) is 11.0. The van der Waals surface area contributed by atoms with E-state index < -0.39 is 17.5 Å². The Morgan fingerprint density at radius 1 is 0.886 bits per heavy atom. The van der Waals surface area contributed by atoms with Crippen molar-refractivity contribution in [2.75, 3.05) is 6.61 Å². The molecule has 0 amide bonds. The molecule has 0 saturated heterocycles. The van der Waals surface area contributed by atoms with Crippen LogP contribution in [0.1, 0.15) is 48.7 Å². The molecular weight excluding hydrogens is 440 g/mol. The predicted molar refractivity (Wildman–Crippen MR) is 138 cm³/mol. The summed E-state index contributed by atoms with van der Waals surface area (Å²) in [5.74, 6) is -1.52. The normalized spacial score (nSPS) is 11.7. The molecule has 0 saturated carbocycles. The Hall–Kier alpha value is -3.99. The standard InChI is InChI=1S/C30H30O5/c1-20-16-21(10-15-26(20)29(33)34)17-24(28(32)27(31)18-30(2,3)4)19-35-25-13-11-23(12-14-25)22-8-6-5-7-9-22/h5-17H,18-19H2,1-4H3,(H,33,34)/b24-17-. The summed E-state index contributed by atoms with van der Waals surface area (Å²) in [6.45, 7) is 7.32. The summed E-state index contributed by atoms with van der Waals surface area (Å²) in [6, 6.07) is 22.3. The molecule has 0 aromatic heterocycles. The van der Waals surface area contributed by atoms with Crippen molar-refractivity contribution in [3.8, 4) is 16.9 Å². The van der Waals surface area contributed by atoms with Crippen molar-refractivity contribution in [2.45, 2.75) is 34.1 Å². The van der Waals surface area contributed by atoms with E-state index in [1.54, 1.807) is 25.1 Å². The average Bonchev–Trinajstić information content (AvgIpc) is 2.81. The molecule has 3 aromatic rings. The van der Waals surface area contributed by atoms with Crippen LogP contribution in [0.4, 0.5) is 0 Å². The molecule has 180 valence electrons. The number of ether oxygens (including phenoxy) is 1. The number of carbonyl (C=O) groups excluding carboxylic acids is 2. The average molecular weight is 471 g/mol. The Bertz CT molecular complexity index is 1250. The van der Waals surface area contributed by atoms with Crippen molar-refractivity contribution in [3.63, 3.8) is 0 Å². The summed E-state index contributed by atoms with van der Waals surface area (Å²) >= 11 is 0. The van der Waals surface area contributed by atoms with Gasteiger partial charge in [-0.15, -0.1) is 0 Å². The Morgan fingerprint density at radius 3 is 2.09 bits per heavy atom. The molecule has 0 spiro atoms. The zero-order valence-electron chi connectivity index (χ0n) is 20.5. The maximum Gasteiger partial charge on any atom is 0.335 e. The maximum absolute atomic E-state index is 13.1.